The van der Waals surface area contributed by atoms with E-state index in [2.05, 4.69) is 0 Å². The number of hydrogen-bond acceptors (Lipinski definition) is 2. The molecule has 1 aromatic rings. The Morgan fingerprint density at radius 1 is 1.15 bits per heavy atom. The van der Waals surface area contributed by atoms with Crippen LogP contribution >= 0.6 is 0 Å². The Labute approximate surface area is 78.8 Å². The minimum Gasteiger partial charge on any atom is -0.387 e. The van der Waals surface area contributed by atoms with Crippen LogP contribution in [0.2, 0.25) is 0 Å². The molecule has 2 N–H and O–H groups in total. The highest BCUT2D eigenvalue weighted by Crippen LogP contribution is 2.24. The van der Waals surface area contributed by atoms with Gasteiger partial charge in [-0.1, -0.05) is 29.8 Å². The maximum atomic E-state index is 9.70. The third-order valence-corrected chi connectivity index (χ3v) is 2.06. The first-order chi connectivity index (χ1) is 5.91. The predicted molar refractivity (Wildman–Crippen MR) is 52.4 cm³/mol. The van der Waals surface area contributed by atoms with Gasteiger partial charge in [-0.05, 0) is 26.3 Å². The van der Waals surface area contributed by atoms with Crippen molar-refractivity contribution in [3.63, 3.8) is 0 Å². The first-order valence-corrected chi connectivity index (χ1v) is 4.38. The summed E-state index contributed by atoms with van der Waals surface area (Å²) < 4.78 is 0. The van der Waals surface area contributed by atoms with E-state index in [-0.39, 0.29) is 0 Å². The fraction of sp³-hybridized carbons (Fsp3) is 0.455. The summed E-state index contributed by atoms with van der Waals surface area (Å²) in [5.41, 5.74) is 0.805. The molecule has 0 aliphatic rings. The van der Waals surface area contributed by atoms with E-state index in [4.69, 9.17) is 0 Å². The number of benzene rings is 1. The van der Waals surface area contributed by atoms with Crippen LogP contribution in [0.1, 0.15) is 31.1 Å². The van der Waals surface area contributed by atoms with Gasteiger partial charge >= 0.3 is 0 Å². The van der Waals surface area contributed by atoms with Gasteiger partial charge in [0, 0.05) is 0 Å². The van der Waals surface area contributed by atoms with E-state index in [9.17, 15) is 10.2 Å². The topological polar surface area (TPSA) is 40.5 Å². The zero-order chi connectivity index (χ0) is 10.1. The molecule has 0 bridgehead atoms. The summed E-state index contributed by atoms with van der Waals surface area (Å²) in [6, 6.07) is 7.50. The van der Waals surface area contributed by atoms with Gasteiger partial charge in [-0.2, -0.15) is 0 Å². The minimum atomic E-state index is -1.09. The van der Waals surface area contributed by atoms with Crippen molar-refractivity contribution >= 4 is 0 Å². The molecule has 0 amide bonds. The predicted octanol–water partition coefficient (Wildman–Crippen LogP) is 1.80. The van der Waals surface area contributed by atoms with Crippen LogP contribution in [0.15, 0.2) is 24.3 Å². The Morgan fingerprint density at radius 2 is 1.62 bits per heavy atom. The second-order valence-corrected chi connectivity index (χ2v) is 3.97. The number of aliphatic hydroxyl groups is 2. The standard InChI is InChI=1S/C11H16O2/c1-8-4-6-9(7-5-8)10(12)11(2,3)13/h4-7,10,12-13H,1-3H3/t10-/m0/s1. The first kappa shape index (κ1) is 10.2. The van der Waals surface area contributed by atoms with Crippen molar-refractivity contribution < 1.29 is 10.2 Å². The third-order valence-electron chi connectivity index (χ3n) is 2.06. The SMILES string of the molecule is Cc1ccc([C@H](O)C(C)(C)O)cc1. The van der Waals surface area contributed by atoms with Crippen molar-refractivity contribution in [2.45, 2.75) is 32.5 Å². The van der Waals surface area contributed by atoms with Gasteiger partial charge < -0.3 is 10.2 Å². The molecule has 1 atom stereocenters. The van der Waals surface area contributed by atoms with E-state index in [1.165, 1.54) is 0 Å². The van der Waals surface area contributed by atoms with Crippen LogP contribution in [0, 0.1) is 6.92 Å². The van der Waals surface area contributed by atoms with Crippen LogP contribution in [0.3, 0.4) is 0 Å². The number of aliphatic hydroxyl groups excluding tert-OH is 1. The van der Waals surface area contributed by atoms with Gasteiger partial charge in [-0.25, -0.2) is 0 Å². The summed E-state index contributed by atoms with van der Waals surface area (Å²) in [5, 5.41) is 19.3. The van der Waals surface area contributed by atoms with E-state index >= 15 is 0 Å². The lowest BCUT2D eigenvalue weighted by atomic mass is 9.94. The molecule has 0 saturated heterocycles. The Kier molecular flexibility index (Phi) is 2.74. The highest BCUT2D eigenvalue weighted by Gasteiger charge is 2.25. The minimum absolute atomic E-state index is 0.748. The fourth-order valence-corrected chi connectivity index (χ4v) is 1.16. The Morgan fingerprint density at radius 3 is 2.00 bits per heavy atom. The van der Waals surface area contributed by atoms with Gasteiger partial charge in [0.1, 0.15) is 6.10 Å². The van der Waals surface area contributed by atoms with Crippen LogP contribution < -0.4 is 0 Å². The van der Waals surface area contributed by atoms with Gasteiger partial charge in [-0.15, -0.1) is 0 Å². The zero-order valence-electron chi connectivity index (χ0n) is 8.28. The molecule has 0 spiro atoms. The molecule has 0 aliphatic carbocycles. The maximum absolute atomic E-state index is 9.70. The first-order valence-electron chi connectivity index (χ1n) is 4.38. The van der Waals surface area contributed by atoms with Crippen molar-refractivity contribution in [2.24, 2.45) is 0 Å². The van der Waals surface area contributed by atoms with Crippen LogP contribution in [0.5, 0.6) is 0 Å². The molecule has 0 radical (unpaired) electrons. The molecule has 0 heterocycles. The van der Waals surface area contributed by atoms with Gasteiger partial charge in [0.15, 0.2) is 0 Å². The second kappa shape index (κ2) is 3.48. The van der Waals surface area contributed by atoms with Crippen LogP contribution in [0.4, 0.5) is 0 Å². The molecule has 2 nitrogen and oxygen atoms in total. The largest absolute Gasteiger partial charge is 0.387 e. The van der Waals surface area contributed by atoms with Crippen LogP contribution in [-0.2, 0) is 0 Å². The number of aryl methyl sites for hydroxylation is 1. The molecule has 0 fully saturated rings. The average Bonchev–Trinajstić information content (AvgIpc) is 2.03. The summed E-state index contributed by atoms with van der Waals surface area (Å²) in [7, 11) is 0. The molecule has 0 aromatic heterocycles. The molecule has 1 aromatic carbocycles. The van der Waals surface area contributed by atoms with Crippen molar-refractivity contribution in [1.82, 2.24) is 0 Å². The average molecular weight is 180 g/mol. The number of hydrogen-bond donors (Lipinski definition) is 2. The normalized spacial score (nSPS) is 14.2. The lowest BCUT2D eigenvalue weighted by Gasteiger charge is -2.24. The second-order valence-electron chi connectivity index (χ2n) is 3.97. The Bertz CT molecular complexity index is 269. The highest BCUT2D eigenvalue weighted by atomic mass is 16.3. The van der Waals surface area contributed by atoms with Gasteiger partial charge in [-0.3, -0.25) is 0 Å². The van der Waals surface area contributed by atoms with Crippen LogP contribution in [0.25, 0.3) is 0 Å². The summed E-state index contributed by atoms with van der Waals surface area (Å²) >= 11 is 0. The monoisotopic (exact) mass is 180 g/mol. The molecule has 1 rings (SSSR count). The third kappa shape index (κ3) is 2.54. The van der Waals surface area contributed by atoms with E-state index in [1.807, 2.05) is 31.2 Å². The maximum Gasteiger partial charge on any atom is 0.107 e. The fourth-order valence-electron chi connectivity index (χ4n) is 1.16. The molecular formula is C11H16O2. The highest BCUT2D eigenvalue weighted by molar-refractivity contribution is 5.24. The quantitative estimate of drug-likeness (QED) is 0.728. The van der Waals surface area contributed by atoms with Gasteiger partial charge in [0.05, 0.1) is 5.60 Å². The van der Waals surface area contributed by atoms with Crippen LogP contribution in [-0.4, -0.2) is 15.8 Å². The molecular weight excluding hydrogens is 164 g/mol. The van der Waals surface area contributed by atoms with Gasteiger partial charge in [0.25, 0.3) is 0 Å². The lowest BCUT2D eigenvalue weighted by molar-refractivity contribution is -0.0496. The Hall–Kier alpha value is -0.860. The molecule has 0 unspecified atom stereocenters. The van der Waals surface area contributed by atoms with Crippen molar-refractivity contribution in [2.75, 3.05) is 0 Å². The smallest absolute Gasteiger partial charge is 0.107 e. The summed E-state index contributed by atoms with van der Waals surface area (Å²) in [6.45, 7) is 5.18. The lowest BCUT2D eigenvalue weighted by Crippen LogP contribution is -2.28. The van der Waals surface area contributed by atoms with Gasteiger partial charge in [0.2, 0.25) is 0 Å². The molecule has 72 valence electrons. The molecule has 0 aliphatic heterocycles. The summed E-state index contributed by atoms with van der Waals surface area (Å²) in [4.78, 5) is 0. The van der Waals surface area contributed by atoms with E-state index < -0.39 is 11.7 Å². The van der Waals surface area contributed by atoms with Crippen molar-refractivity contribution in [3.8, 4) is 0 Å². The summed E-state index contributed by atoms with van der Waals surface area (Å²) in [5.74, 6) is 0. The van der Waals surface area contributed by atoms with Crippen molar-refractivity contribution in [3.05, 3.63) is 35.4 Å². The number of rotatable bonds is 2. The molecule has 13 heavy (non-hydrogen) atoms. The Balaban J connectivity index is 2.90. The van der Waals surface area contributed by atoms with E-state index in [0.717, 1.165) is 11.1 Å². The van der Waals surface area contributed by atoms with E-state index in [1.54, 1.807) is 13.8 Å². The van der Waals surface area contributed by atoms with Crippen molar-refractivity contribution in [1.29, 1.82) is 0 Å². The molecule has 0 saturated carbocycles. The molecule has 2 heteroatoms. The summed E-state index contributed by atoms with van der Waals surface area (Å²) in [6.07, 6.45) is -0.826. The zero-order valence-corrected chi connectivity index (χ0v) is 8.28. The van der Waals surface area contributed by atoms with E-state index in [0.29, 0.717) is 0 Å².